The van der Waals surface area contributed by atoms with Crippen molar-refractivity contribution in [1.82, 2.24) is 9.47 Å². The highest BCUT2D eigenvalue weighted by atomic mass is 32.2. The van der Waals surface area contributed by atoms with Crippen molar-refractivity contribution in [2.75, 3.05) is 27.7 Å². The molecule has 0 aliphatic carbocycles. The van der Waals surface area contributed by atoms with Gasteiger partial charge in [0.05, 0.1) is 16.1 Å². The van der Waals surface area contributed by atoms with Crippen molar-refractivity contribution >= 4 is 27.2 Å². The lowest BCUT2D eigenvalue weighted by Gasteiger charge is -2.14. The molecule has 0 amide bonds. The number of azo groups is 2. The van der Waals surface area contributed by atoms with Gasteiger partial charge in [-0.05, 0) is 52.2 Å². The van der Waals surface area contributed by atoms with E-state index in [0.717, 1.165) is 6.07 Å². The molecule has 3 rings (SSSR count). The van der Waals surface area contributed by atoms with Crippen LogP contribution in [0.25, 0.3) is 5.69 Å². The molecule has 2 aromatic heterocycles. The normalized spacial score (nSPS) is 12.3. The van der Waals surface area contributed by atoms with Crippen LogP contribution in [0.4, 0.5) is 17.1 Å². The number of hydrogen-bond acceptors (Lipinski definition) is 10. The van der Waals surface area contributed by atoms with Crippen LogP contribution in [-0.4, -0.2) is 55.2 Å². The van der Waals surface area contributed by atoms with Gasteiger partial charge < -0.3 is 14.6 Å². The van der Waals surface area contributed by atoms with E-state index >= 15 is 0 Å². The second kappa shape index (κ2) is 11.3. The molecule has 0 unspecified atom stereocenters. The van der Waals surface area contributed by atoms with E-state index in [4.69, 9.17) is 0 Å². The van der Waals surface area contributed by atoms with Crippen molar-refractivity contribution in [2.45, 2.75) is 24.8 Å². The standard InChI is InChI=1S/C23H27N7O5S/c1-16-20(27-25-17-9-10-19(36(33,34)35)18(15-17)26-24-2)22(31)30(14-8-11-28(3)4)23(32)21(16)29-12-6-5-7-13-29/h5-7,9-10,12-13,15H,8,11,14H2,1-4H3,(H-,25,31,32,33,34,35). The van der Waals surface area contributed by atoms with Gasteiger partial charge in [-0.15, -0.1) is 5.11 Å². The van der Waals surface area contributed by atoms with Crippen LogP contribution in [0.1, 0.15) is 12.0 Å². The maximum atomic E-state index is 13.3. The number of nitrogens with zero attached hydrogens (tertiary/aromatic N) is 7. The molecule has 12 nitrogen and oxygen atoms in total. The van der Waals surface area contributed by atoms with Gasteiger partial charge in [0.1, 0.15) is 15.8 Å². The van der Waals surface area contributed by atoms with Crippen LogP contribution in [0.15, 0.2) is 78.9 Å². The molecule has 13 heteroatoms. The SMILES string of the molecule is CN=Nc1cc(N=Nc2c(C)c(-[n+]3ccccc3)c(=O)n(CCCN(C)C)c2O)ccc1S(=O)(=O)[O-]. The molecule has 190 valence electrons. The Morgan fingerprint density at radius 3 is 2.42 bits per heavy atom. The molecule has 0 fully saturated rings. The number of aromatic hydroxyl groups is 1. The summed E-state index contributed by atoms with van der Waals surface area (Å²) in [5.41, 5.74) is 0.385. The lowest BCUT2D eigenvalue weighted by atomic mass is 10.2. The fraction of sp³-hybridized carbons (Fsp3) is 0.304. The van der Waals surface area contributed by atoms with Gasteiger partial charge >= 0.3 is 5.56 Å². The third kappa shape index (κ3) is 6.05. The largest absolute Gasteiger partial charge is 0.744 e. The Balaban J connectivity index is 2.15. The zero-order chi connectivity index (χ0) is 26.5. The minimum Gasteiger partial charge on any atom is -0.744 e. The lowest BCUT2D eigenvalue weighted by molar-refractivity contribution is -0.597. The Morgan fingerprint density at radius 2 is 1.81 bits per heavy atom. The van der Waals surface area contributed by atoms with E-state index in [1.54, 1.807) is 36.0 Å². The van der Waals surface area contributed by atoms with Crippen molar-refractivity contribution in [3.63, 3.8) is 0 Å². The average Bonchev–Trinajstić information content (AvgIpc) is 2.81. The molecule has 0 radical (unpaired) electrons. The number of hydrogen-bond donors (Lipinski definition) is 1. The van der Waals surface area contributed by atoms with Crippen molar-refractivity contribution in [2.24, 2.45) is 20.5 Å². The summed E-state index contributed by atoms with van der Waals surface area (Å²) in [5, 5.41) is 26.5. The van der Waals surface area contributed by atoms with Crippen LogP contribution in [0.3, 0.4) is 0 Å². The average molecular weight is 514 g/mol. The molecule has 0 saturated heterocycles. The second-order valence-corrected chi connectivity index (χ2v) is 9.50. The van der Waals surface area contributed by atoms with Gasteiger partial charge in [-0.2, -0.15) is 19.9 Å². The minimum atomic E-state index is -4.77. The van der Waals surface area contributed by atoms with Gasteiger partial charge in [0, 0.05) is 25.7 Å². The summed E-state index contributed by atoms with van der Waals surface area (Å²) in [6, 6.07) is 8.97. The summed E-state index contributed by atoms with van der Waals surface area (Å²) in [5.74, 6) is -0.340. The third-order valence-electron chi connectivity index (χ3n) is 5.27. The molecule has 0 spiro atoms. The molecule has 0 aliphatic heterocycles. The van der Waals surface area contributed by atoms with Crippen LogP contribution in [0.5, 0.6) is 5.88 Å². The molecule has 3 aromatic rings. The maximum Gasteiger partial charge on any atom is 0.326 e. The second-order valence-electron chi connectivity index (χ2n) is 8.15. The summed E-state index contributed by atoms with van der Waals surface area (Å²) < 4.78 is 37.4. The van der Waals surface area contributed by atoms with E-state index in [-0.39, 0.29) is 35.0 Å². The van der Waals surface area contributed by atoms with Crippen molar-refractivity contribution in [3.8, 4) is 11.6 Å². The van der Waals surface area contributed by atoms with Gasteiger partial charge in [0.15, 0.2) is 18.1 Å². The number of pyridine rings is 2. The zero-order valence-electron chi connectivity index (χ0n) is 20.4. The minimum absolute atomic E-state index is 0.0741. The summed E-state index contributed by atoms with van der Waals surface area (Å²) in [4.78, 5) is 14.8. The first-order valence-corrected chi connectivity index (χ1v) is 12.3. The predicted molar refractivity (Wildman–Crippen MR) is 131 cm³/mol. The summed E-state index contributed by atoms with van der Waals surface area (Å²) in [7, 11) is 0.388. The summed E-state index contributed by atoms with van der Waals surface area (Å²) in [6.07, 6.45) is 4.04. The number of rotatable bonds is 9. The van der Waals surface area contributed by atoms with E-state index in [9.17, 15) is 22.9 Å². The first kappa shape index (κ1) is 26.8. The van der Waals surface area contributed by atoms with Gasteiger partial charge in [0.25, 0.3) is 5.69 Å². The lowest BCUT2D eigenvalue weighted by Crippen LogP contribution is -2.40. The number of aromatic nitrogens is 2. The molecule has 0 bridgehead atoms. The van der Waals surface area contributed by atoms with Gasteiger partial charge in [-0.1, -0.05) is 6.07 Å². The third-order valence-corrected chi connectivity index (χ3v) is 6.16. The Kier molecular flexibility index (Phi) is 8.40. The van der Waals surface area contributed by atoms with Crippen LogP contribution in [0.2, 0.25) is 0 Å². The van der Waals surface area contributed by atoms with E-state index in [1.165, 1.54) is 23.7 Å². The molecule has 36 heavy (non-hydrogen) atoms. The van der Waals surface area contributed by atoms with E-state index in [2.05, 4.69) is 20.5 Å². The topological polar surface area (TPSA) is 156 Å². The smallest absolute Gasteiger partial charge is 0.326 e. The van der Waals surface area contributed by atoms with Crippen LogP contribution in [0, 0.1) is 6.92 Å². The van der Waals surface area contributed by atoms with Crippen molar-refractivity contribution in [3.05, 3.63) is 64.7 Å². The van der Waals surface area contributed by atoms with Gasteiger partial charge in [-0.3, -0.25) is 9.36 Å². The summed E-state index contributed by atoms with van der Waals surface area (Å²) >= 11 is 0. The van der Waals surface area contributed by atoms with Crippen molar-refractivity contribution in [1.29, 1.82) is 0 Å². The highest BCUT2D eigenvalue weighted by Crippen LogP contribution is 2.34. The Bertz CT molecular complexity index is 1470. The molecule has 0 saturated carbocycles. The Hall–Kier alpha value is -3.81. The molecular weight excluding hydrogens is 486 g/mol. The Morgan fingerprint density at radius 1 is 1.11 bits per heavy atom. The highest BCUT2D eigenvalue weighted by molar-refractivity contribution is 7.86. The first-order valence-electron chi connectivity index (χ1n) is 10.9. The maximum absolute atomic E-state index is 13.3. The monoisotopic (exact) mass is 513 g/mol. The van der Waals surface area contributed by atoms with Crippen LogP contribution in [-0.2, 0) is 16.7 Å². The first-order chi connectivity index (χ1) is 17.0. The van der Waals surface area contributed by atoms with Crippen LogP contribution >= 0.6 is 0 Å². The van der Waals surface area contributed by atoms with Crippen LogP contribution < -0.4 is 10.1 Å². The number of benzene rings is 1. The fourth-order valence-electron chi connectivity index (χ4n) is 3.59. The van der Waals surface area contributed by atoms with Crippen molar-refractivity contribution < 1.29 is 22.6 Å². The van der Waals surface area contributed by atoms with E-state index in [0.29, 0.717) is 24.2 Å². The molecule has 0 atom stereocenters. The molecule has 0 aliphatic rings. The predicted octanol–water partition coefficient (Wildman–Crippen LogP) is 3.12. The quantitative estimate of drug-likeness (QED) is 0.263. The summed E-state index contributed by atoms with van der Waals surface area (Å²) in [6.45, 7) is 2.61. The van der Waals surface area contributed by atoms with E-state index in [1.807, 2.05) is 25.1 Å². The zero-order valence-corrected chi connectivity index (χ0v) is 21.2. The van der Waals surface area contributed by atoms with Gasteiger partial charge in [0.2, 0.25) is 5.88 Å². The van der Waals surface area contributed by atoms with E-state index < -0.39 is 15.0 Å². The molecule has 2 heterocycles. The molecule has 1 N–H and O–H groups in total. The Labute approximate surface area is 208 Å². The van der Waals surface area contributed by atoms with Gasteiger partial charge in [-0.25, -0.2) is 8.42 Å². The molecule has 1 aromatic carbocycles. The molecular formula is C23H27N7O5S. The fourth-order valence-corrected chi connectivity index (χ4v) is 4.18. The highest BCUT2D eigenvalue weighted by Gasteiger charge is 2.25.